The van der Waals surface area contributed by atoms with E-state index in [9.17, 15) is 13.2 Å². The zero-order valence-corrected chi connectivity index (χ0v) is 9.47. The molecule has 0 saturated heterocycles. The van der Waals surface area contributed by atoms with Crippen LogP contribution in [0.2, 0.25) is 0 Å². The fraction of sp³-hybridized carbons (Fsp3) is 0.417. The first-order chi connectivity index (χ1) is 8.54. The SMILES string of the molecule is FC(F)(F)c1nc2cc3c(cc2o1)NCCCC3. The van der Waals surface area contributed by atoms with Gasteiger partial charge in [0, 0.05) is 18.3 Å². The second kappa shape index (κ2) is 3.90. The predicted octanol–water partition coefficient (Wildman–Crippen LogP) is 3.59. The standard InChI is InChI=1S/C12H11F3N2O/c13-12(14,15)11-17-9-5-7-3-1-2-4-16-8(7)6-10(9)18-11/h5-6,16H,1-4H2. The number of anilines is 1. The second-order valence-electron chi connectivity index (χ2n) is 4.38. The van der Waals surface area contributed by atoms with Crippen LogP contribution in [0.15, 0.2) is 16.5 Å². The molecule has 0 radical (unpaired) electrons. The first-order valence-electron chi connectivity index (χ1n) is 5.78. The Balaban J connectivity index is 2.12. The highest BCUT2D eigenvalue weighted by Crippen LogP contribution is 2.33. The zero-order valence-electron chi connectivity index (χ0n) is 9.47. The van der Waals surface area contributed by atoms with Crippen LogP contribution in [-0.2, 0) is 12.6 Å². The number of aryl methyl sites for hydroxylation is 1. The molecule has 96 valence electrons. The van der Waals surface area contributed by atoms with E-state index >= 15 is 0 Å². The van der Waals surface area contributed by atoms with Gasteiger partial charge in [-0.2, -0.15) is 13.2 Å². The first-order valence-corrected chi connectivity index (χ1v) is 5.78. The summed E-state index contributed by atoms with van der Waals surface area (Å²) < 4.78 is 42.3. The Labute approximate surface area is 101 Å². The maximum Gasteiger partial charge on any atom is 0.468 e. The summed E-state index contributed by atoms with van der Waals surface area (Å²) in [7, 11) is 0. The van der Waals surface area contributed by atoms with Gasteiger partial charge in [0.2, 0.25) is 0 Å². The number of benzene rings is 1. The van der Waals surface area contributed by atoms with Crippen molar-refractivity contribution in [1.29, 1.82) is 0 Å². The van der Waals surface area contributed by atoms with Crippen molar-refractivity contribution in [3.63, 3.8) is 0 Å². The minimum absolute atomic E-state index is 0.176. The molecule has 18 heavy (non-hydrogen) atoms. The molecule has 2 heterocycles. The highest BCUT2D eigenvalue weighted by atomic mass is 19.4. The lowest BCUT2D eigenvalue weighted by Gasteiger charge is -2.05. The van der Waals surface area contributed by atoms with E-state index in [2.05, 4.69) is 10.3 Å². The van der Waals surface area contributed by atoms with Crippen LogP contribution in [0.5, 0.6) is 0 Å². The summed E-state index contributed by atoms with van der Waals surface area (Å²) in [6.07, 6.45) is -1.61. The van der Waals surface area contributed by atoms with Gasteiger partial charge in [-0.25, -0.2) is 4.98 Å². The molecule has 1 aliphatic heterocycles. The van der Waals surface area contributed by atoms with Gasteiger partial charge in [0.1, 0.15) is 5.52 Å². The molecule has 6 heteroatoms. The maximum atomic E-state index is 12.5. The molecule has 1 aromatic carbocycles. The molecular formula is C12H11F3N2O. The number of nitrogens with one attached hydrogen (secondary N) is 1. The van der Waals surface area contributed by atoms with Gasteiger partial charge in [-0.15, -0.1) is 0 Å². The van der Waals surface area contributed by atoms with Crippen molar-refractivity contribution in [3.8, 4) is 0 Å². The third kappa shape index (κ3) is 1.91. The van der Waals surface area contributed by atoms with Crippen LogP contribution in [0.3, 0.4) is 0 Å². The van der Waals surface area contributed by atoms with Crippen molar-refractivity contribution in [1.82, 2.24) is 4.98 Å². The van der Waals surface area contributed by atoms with Crippen molar-refractivity contribution >= 4 is 16.8 Å². The summed E-state index contributed by atoms with van der Waals surface area (Å²) in [6, 6.07) is 3.29. The number of rotatable bonds is 0. The normalized spacial score (nSPS) is 16.2. The van der Waals surface area contributed by atoms with E-state index in [1.165, 1.54) is 0 Å². The van der Waals surface area contributed by atoms with Crippen LogP contribution >= 0.6 is 0 Å². The Bertz CT molecular complexity index is 546. The lowest BCUT2D eigenvalue weighted by Crippen LogP contribution is -2.04. The van der Waals surface area contributed by atoms with Crippen LogP contribution < -0.4 is 5.32 Å². The molecule has 0 fully saturated rings. The largest absolute Gasteiger partial charge is 0.468 e. The van der Waals surface area contributed by atoms with Gasteiger partial charge in [-0.3, -0.25) is 0 Å². The molecule has 1 N–H and O–H groups in total. The summed E-state index contributed by atoms with van der Waals surface area (Å²) in [5, 5.41) is 3.20. The molecule has 0 amide bonds. The fourth-order valence-electron chi connectivity index (χ4n) is 2.17. The third-order valence-electron chi connectivity index (χ3n) is 3.04. The number of halogens is 3. The van der Waals surface area contributed by atoms with E-state index in [1.807, 2.05) is 0 Å². The van der Waals surface area contributed by atoms with Crippen LogP contribution in [-0.4, -0.2) is 11.5 Å². The molecule has 0 atom stereocenters. The number of oxazole rings is 1. The molecular weight excluding hydrogens is 245 g/mol. The summed E-state index contributed by atoms with van der Waals surface area (Å²) in [6.45, 7) is 0.832. The quantitative estimate of drug-likeness (QED) is 0.782. The summed E-state index contributed by atoms with van der Waals surface area (Å²) in [4.78, 5) is 3.50. The Morgan fingerprint density at radius 3 is 2.83 bits per heavy atom. The number of hydrogen-bond donors (Lipinski definition) is 1. The van der Waals surface area contributed by atoms with E-state index in [0.717, 1.165) is 37.1 Å². The Morgan fingerprint density at radius 2 is 2.06 bits per heavy atom. The van der Waals surface area contributed by atoms with Crippen LogP contribution in [0, 0.1) is 0 Å². The molecule has 3 nitrogen and oxygen atoms in total. The van der Waals surface area contributed by atoms with E-state index in [0.29, 0.717) is 0 Å². The highest BCUT2D eigenvalue weighted by molar-refractivity contribution is 5.79. The van der Waals surface area contributed by atoms with E-state index < -0.39 is 12.1 Å². The lowest BCUT2D eigenvalue weighted by atomic mass is 10.1. The Kier molecular flexibility index (Phi) is 2.46. The van der Waals surface area contributed by atoms with E-state index in [4.69, 9.17) is 4.42 Å². The van der Waals surface area contributed by atoms with Crippen LogP contribution in [0.4, 0.5) is 18.9 Å². The average Bonchev–Trinajstić information content (AvgIpc) is 2.57. The number of alkyl halides is 3. The van der Waals surface area contributed by atoms with E-state index in [1.54, 1.807) is 12.1 Å². The number of aromatic nitrogens is 1. The monoisotopic (exact) mass is 256 g/mol. The van der Waals surface area contributed by atoms with Crippen molar-refractivity contribution in [3.05, 3.63) is 23.6 Å². The van der Waals surface area contributed by atoms with Gasteiger partial charge in [0.15, 0.2) is 5.58 Å². The highest BCUT2D eigenvalue weighted by Gasteiger charge is 2.37. The van der Waals surface area contributed by atoms with Gasteiger partial charge in [-0.05, 0) is 30.9 Å². The van der Waals surface area contributed by atoms with Gasteiger partial charge < -0.3 is 9.73 Å². The molecule has 0 aliphatic carbocycles. The topological polar surface area (TPSA) is 38.1 Å². The molecule has 0 saturated carbocycles. The predicted molar refractivity (Wildman–Crippen MR) is 60.4 cm³/mol. The van der Waals surface area contributed by atoms with E-state index in [-0.39, 0.29) is 11.1 Å². The number of nitrogens with zero attached hydrogens (tertiary/aromatic N) is 1. The third-order valence-corrected chi connectivity index (χ3v) is 3.04. The molecule has 0 bridgehead atoms. The molecule has 0 spiro atoms. The summed E-state index contributed by atoms with van der Waals surface area (Å²) in [5.41, 5.74) is 2.30. The maximum absolute atomic E-state index is 12.5. The smallest absolute Gasteiger partial charge is 0.433 e. The Morgan fingerprint density at radius 1 is 1.22 bits per heavy atom. The first kappa shape index (κ1) is 11.4. The van der Waals surface area contributed by atoms with Crippen molar-refractivity contribution in [2.75, 3.05) is 11.9 Å². The summed E-state index contributed by atoms with van der Waals surface area (Å²) >= 11 is 0. The number of hydrogen-bond acceptors (Lipinski definition) is 3. The fourth-order valence-corrected chi connectivity index (χ4v) is 2.17. The van der Waals surface area contributed by atoms with Crippen LogP contribution in [0.1, 0.15) is 24.3 Å². The lowest BCUT2D eigenvalue weighted by molar-refractivity contribution is -0.156. The van der Waals surface area contributed by atoms with Crippen molar-refractivity contribution in [2.45, 2.75) is 25.4 Å². The average molecular weight is 256 g/mol. The molecule has 1 aromatic heterocycles. The number of fused-ring (bicyclic) bond motifs is 2. The summed E-state index contributed by atoms with van der Waals surface area (Å²) in [5.74, 6) is -1.18. The Hall–Kier alpha value is -1.72. The van der Waals surface area contributed by atoms with Crippen molar-refractivity contribution in [2.24, 2.45) is 0 Å². The van der Waals surface area contributed by atoms with Crippen LogP contribution in [0.25, 0.3) is 11.1 Å². The van der Waals surface area contributed by atoms with Gasteiger partial charge in [-0.1, -0.05) is 0 Å². The van der Waals surface area contributed by atoms with Gasteiger partial charge >= 0.3 is 12.1 Å². The minimum atomic E-state index is -4.54. The molecule has 0 unspecified atom stereocenters. The van der Waals surface area contributed by atoms with Crippen molar-refractivity contribution < 1.29 is 17.6 Å². The molecule has 3 rings (SSSR count). The molecule has 1 aliphatic rings. The zero-order chi connectivity index (χ0) is 12.8. The minimum Gasteiger partial charge on any atom is -0.433 e. The van der Waals surface area contributed by atoms with Gasteiger partial charge in [0.25, 0.3) is 0 Å². The van der Waals surface area contributed by atoms with Gasteiger partial charge in [0.05, 0.1) is 0 Å². The second-order valence-corrected chi connectivity index (χ2v) is 4.38. The molecule has 2 aromatic rings.